The first-order valence-electron chi connectivity index (χ1n) is 9.30. The van der Waals surface area contributed by atoms with Crippen LogP contribution in [0.1, 0.15) is 31.8 Å². The Bertz CT molecular complexity index is 1240. The highest BCUT2D eigenvalue weighted by molar-refractivity contribution is 6.01. The number of aryl methyl sites for hydroxylation is 1. The number of fused-ring (bicyclic) bond motifs is 1. The molecule has 3 rings (SSSR count). The largest absolute Gasteiger partial charge is 0.505 e. The van der Waals surface area contributed by atoms with Gasteiger partial charge in [0.25, 0.3) is 11.5 Å². The molecule has 2 aromatic heterocycles. The van der Waals surface area contributed by atoms with Gasteiger partial charge in [-0.3, -0.25) is 19.4 Å². The van der Waals surface area contributed by atoms with Crippen LogP contribution in [0.3, 0.4) is 0 Å². The van der Waals surface area contributed by atoms with Crippen molar-refractivity contribution in [3.63, 3.8) is 0 Å². The molecule has 9 nitrogen and oxygen atoms in total. The Hall–Kier alpha value is -3.79. The Morgan fingerprint density at radius 2 is 2.06 bits per heavy atom. The first-order chi connectivity index (χ1) is 14.7. The lowest BCUT2D eigenvalue weighted by molar-refractivity contribution is 0.0931. The van der Waals surface area contributed by atoms with E-state index < -0.39 is 34.5 Å². The van der Waals surface area contributed by atoms with Gasteiger partial charge in [0.1, 0.15) is 16.9 Å². The normalized spacial score (nSPS) is 10.9. The molecule has 0 atom stereocenters. The summed E-state index contributed by atoms with van der Waals surface area (Å²) in [6.07, 6.45) is 1.63. The van der Waals surface area contributed by atoms with Crippen LogP contribution in [0, 0.1) is 5.82 Å². The highest BCUT2D eigenvalue weighted by Gasteiger charge is 2.22. The van der Waals surface area contributed by atoms with E-state index in [2.05, 4.69) is 10.3 Å². The molecule has 3 aromatic rings. The molecule has 162 valence electrons. The topological polar surface area (TPSA) is 137 Å². The third-order valence-electron chi connectivity index (χ3n) is 4.82. The number of primary amides is 1. The zero-order chi connectivity index (χ0) is 22.7. The molecular weight excluding hydrogens is 407 g/mol. The van der Waals surface area contributed by atoms with Crippen LogP contribution in [0.25, 0.3) is 11.0 Å². The van der Waals surface area contributed by atoms with Gasteiger partial charge in [-0.2, -0.15) is 0 Å². The average molecular weight is 428 g/mol. The predicted molar refractivity (Wildman–Crippen MR) is 111 cm³/mol. The summed E-state index contributed by atoms with van der Waals surface area (Å²) in [5.41, 5.74) is 5.69. The van der Waals surface area contributed by atoms with E-state index in [0.29, 0.717) is 11.1 Å². The van der Waals surface area contributed by atoms with Crippen LogP contribution in [0.4, 0.5) is 4.39 Å². The van der Waals surface area contributed by atoms with Gasteiger partial charge in [0.2, 0.25) is 5.91 Å². The maximum absolute atomic E-state index is 13.5. The fourth-order valence-corrected chi connectivity index (χ4v) is 3.24. The standard InChI is InChI=1S/C21H21FN4O5/c1-26-15-8-11(7-12-3-4-13(22)9-14(12)19(23)28)10-25-17(15)18(27)16(21(26)30)20(29)24-5-6-31-2/h3-4,8-10,27H,5-7H2,1-2H3,(H2,23,28)(H,24,29). The molecule has 0 saturated carbocycles. The lowest BCUT2D eigenvalue weighted by Gasteiger charge is -2.13. The average Bonchev–Trinajstić information content (AvgIpc) is 2.73. The van der Waals surface area contributed by atoms with Crippen molar-refractivity contribution >= 4 is 22.8 Å². The molecule has 0 saturated heterocycles. The maximum atomic E-state index is 13.5. The van der Waals surface area contributed by atoms with Gasteiger partial charge < -0.3 is 25.5 Å². The Kier molecular flexibility index (Phi) is 6.30. The van der Waals surface area contributed by atoms with Crippen molar-refractivity contribution in [2.24, 2.45) is 12.8 Å². The zero-order valence-electron chi connectivity index (χ0n) is 16.9. The molecule has 4 N–H and O–H groups in total. The fraction of sp³-hybridized carbons (Fsp3) is 0.238. The number of rotatable bonds is 7. The molecule has 0 bridgehead atoms. The lowest BCUT2D eigenvalue weighted by Crippen LogP contribution is -2.34. The Morgan fingerprint density at radius 1 is 1.32 bits per heavy atom. The molecule has 31 heavy (non-hydrogen) atoms. The van der Waals surface area contributed by atoms with Crippen molar-refractivity contribution in [3.05, 3.63) is 68.9 Å². The van der Waals surface area contributed by atoms with Gasteiger partial charge >= 0.3 is 0 Å². The van der Waals surface area contributed by atoms with Crippen molar-refractivity contribution in [1.82, 2.24) is 14.9 Å². The number of halogens is 1. The van der Waals surface area contributed by atoms with Crippen LogP contribution in [-0.2, 0) is 18.2 Å². The van der Waals surface area contributed by atoms with Gasteiger partial charge in [0, 0.05) is 32.5 Å². The number of ether oxygens (including phenoxy) is 1. The van der Waals surface area contributed by atoms with E-state index in [-0.39, 0.29) is 36.2 Å². The Morgan fingerprint density at radius 3 is 2.74 bits per heavy atom. The molecule has 0 aliphatic carbocycles. The van der Waals surface area contributed by atoms with Gasteiger partial charge in [-0.1, -0.05) is 6.07 Å². The van der Waals surface area contributed by atoms with Crippen LogP contribution in [-0.4, -0.2) is 46.7 Å². The van der Waals surface area contributed by atoms with E-state index >= 15 is 0 Å². The number of nitrogens with one attached hydrogen (secondary N) is 1. The van der Waals surface area contributed by atoms with Crippen molar-refractivity contribution in [2.45, 2.75) is 6.42 Å². The quantitative estimate of drug-likeness (QED) is 0.477. The highest BCUT2D eigenvalue weighted by atomic mass is 19.1. The second-order valence-electron chi connectivity index (χ2n) is 6.89. The van der Waals surface area contributed by atoms with E-state index in [0.717, 1.165) is 6.07 Å². The van der Waals surface area contributed by atoms with Gasteiger partial charge in [0.15, 0.2) is 5.75 Å². The number of nitrogens with two attached hydrogens (primary N) is 1. The number of pyridine rings is 2. The molecule has 0 aliphatic rings. The van der Waals surface area contributed by atoms with Crippen molar-refractivity contribution in [3.8, 4) is 5.75 Å². The van der Waals surface area contributed by atoms with E-state index in [1.165, 1.54) is 37.1 Å². The van der Waals surface area contributed by atoms with Gasteiger partial charge in [-0.25, -0.2) is 4.39 Å². The van der Waals surface area contributed by atoms with Crippen LogP contribution in [0.5, 0.6) is 5.75 Å². The number of nitrogens with zero attached hydrogens (tertiary/aromatic N) is 2. The first kappa shape index (κ1) is 21.9. The van der Waals surface area contributed by atoms with Gasteiger partial charge in [-0.15, -0.1) is 0 Å². The second-order valence-corrected chi connectivity index (χ2v) is 6.89. The molecule has 2 amide bonds. The highest BCUT2D eigenvalue weighted by Crippen LogP contribution is 2.26. The summed E-state index contributed by atoms with van der Waals surface area (Å²) in [6, 6.07) is 5.32. The number of hydrogen-bond acceptors (Lipinski definition) is 6. The fourth-order valence-electron chi connectivity index (χ4n) is 3.24. The molecule has 0 unspecified atom stereocenters. The van der Waals surface area contributed by atoms with Crippen LogP contribution >= 0.6 is 0 Å². The number of aromatic nitrogens is 2. The smallest absolute Gasteiger partial charge is 0.267 e. The number of amides is 2. The molecule has 2 heterocycles. The SMILES string of the molecule is COCCNC(=O)c1c(O)c2ncc(Cc3ccc(F)cc3C(N)=O)cc2n(C)c1=O. The van der Waals surface area contributed by atoms with E-state index in [1.54, 1.807) is 6.07 Å². The summed E-state index contributed by atoms with van der Waals surface area (Å²) < 4.78 is 19.5. The lowest BCUT2D eigenvalue weighted by atomic mass is 9.99. The number of hydrogen-bond donors (Lipinski definition) is 3. The summed E-state index contributed by atoms with van der Waals surface area (Å²) in [4.78, 5) is 40.9. The molecule has 0 spiro atoms. The minimum absolute atomic E-state index is 0.0416. The number of aromatic hydroxyl groups is 1. The van der Waals surface area contributed by atoms with E-state index in [9.17, 15) is 23.9 Å². The maximum Gasteiger partial charge on any atom is 0.267 e. The molecule has 0 fully saturated rings. The second kappa shape index (κ2) is 8.92. The molecular formula is C21H21FN4O5. The number of methoxy groups -OCH3 is 1. The minimum Gasteiger partial charge on any atom is -0.505 e. The zero-order valence-corrected chi connectivity index (χ0v) is 16.9. The number of benzene rings is 1. The summed E-state index contributed by atoms with van der Waals surface area (Å²) >= 11 is 0. The van der Waals surface area contributed by atoms with Crippen LogP contribution < -0.4 is 16.6 Å². The Balaban J connectivity index is 2.04. The van der Waals surface area contributed by atoms with Gasteiger partial charge in [0.05, 0.1) is 12.1 Å². The number of carbonyl (C=O) groups is 2. The monoisotopic (exact) mass is 428 g/mol. The molecule has 10 heteroatoms. The molecule has 1 aromatic carbocycles. The van der Waals surface area contributed by atoms with E-state index in [1.807, 2.05) is 0 Å². The first-order valence-corrected chi connectivity index (χ1v) is 9.30. The summed E-state index contributed by atoms with van der Waals surface area (Å²) in [5, 5.41) is 13.0. The molecule has 0 radical (unpaired) electrons. The van der Waals surface area contributed by atoms with E-state index in [4.69, 9.17) is 10.5 Å². The van der Waals surface area contributed by atoms with Gasteiger partial charge in [-0.05, 0) is 35.7 Å². The van der Waals surface area contributed by atoms with Crippen molar-refractivity contribution in [2.75, 3.05) is 20.3 Å². The predicted octanol–water partition coefficient (Wildman–Crippen LogP) is 0.844. The molecule has 0 aliphatic heterocycles. The number of carbonyl (C=O) groups excluding carboxylic acids is 2. The third kappa shape index (κ3) is 4.38. The summed E-state index contributed by atoms with van der Waals surface area (Å²) in [6.45, 7) is 0.418. The summed E-state index contributed by atoms with van der Waals surface area (Å²) in [7, 11) is 2.92. The van der Waals surface area contributed by atoms with Crippen LogP contribution in [0.2, 0.25) is 0 Å². The van der Waals surface area contributed by atoms with Crippen molar-refractivity contribution < 1.29 is 23.8 Å². The van der Waals surface area contributed by atoms with Crippen LogP contribution in [0.15, 0.2) is 35.3 Å². The summed E-state index contributed by atoms with van der Waals surface area (Å²) in [5.74, 6) is -2.62. The minimum atomic E-state index is -0.766. The Labute approximate surface area is 176 Å². The van der Waals surface area contributed by atoms with Crippen molar-refractivity contribution in [1.29, 1.82) is 0 Å². The third-order valence-corrected chi connectivity index (χ3v) is 4.82.